The third kappa shape index (κ3) is 2.84. The Hall–Kier alpha value is -2.79. The fraction of sp³-hybridized carbons (Fsp3) is 0.200. The summed E-state index contributed by atoms with van der Waals surface area (Å²) >= 11 is 6.60. The maximum Gasteiger partial charge on any atom is 0.231 e. The summed E-state index contributed by atoms with van der Waals surface area (Å²) in [6, 6.07) is 11.3. The molecule has 0 radical (unpaired) electrons. The van der Waals surface area contributed by atoms with E-state index >= 15 is 0 Å². The monoisotopic (exact) mass is 368 g/mol. The molecule has 1 amide bonds. The van der Waals surface area contributed by atoms with Crippen molar-refractivity contribution in [2.24, 2.45) is 0 Å². The van der Waals surface area contributed by atoms with Gasteiger partial charge in [-0.2, -0.15) is 0 Å². The molecule has 0 unspecified atom stereocenters. The Morgan fingerprint density at radius 3 is 2.58 bits per heavy atom. The van der Waals surface area contributed by atoms with Crippen LogP contribution in [0.4, 0.5) is 5.69 Å². The summed E-state index contributed by atoms with van der Waals surface area (Å²) in [5.74, 6) is 1.38. The number of carbonyl (C=O) groups excluding carboxylic acids is 1. The number of hydrogen-bond donors (Lipinski definition) is 1. The summed E-state index contributed by atoms with van der Waals surface area (Å²) < 4.78 is 10.9. The maximum absolute atomic E-state index is 11.5. The van der Waals surface area contributed by atoms with Crippen LogP contribution in [0.5, 0.6) is 11.5 Å². The minimum absolute atomic E-state index is 0.0217. The van der Waals surface area contributed by atoms with Crippen molar-refractivity contribution in [3.8, 4) is 22.8 Å². The highest BCUT2D eigenvalue weighted by atomic mass is 35.5. The number of pyridine rings is 1. The van der Waals surface area contributed by atoms with E-state index in [2.05, 4.69) is 5.32 Å². The first-order valence-corrected chi connectivity index (χ1v) is 8.74. The first kappa shape index (κ1) is 16.7. The fourth-order valence-electron chi connectivity index (χ4n) is 2.94. The topological polar surface area (TPSA) is 60.5 Å². The van der Waals surface area contributed by atoms with Crippen molar-refractivity contribution in [1.82, 2.24) is 4.98 Å². The quantitative estimate of drug-likeness (QED) is 0.711. The Morgan fingerprint density at radius 1 is 1.19 bits per heavy atom. The van der Waals surface area contributed by atoms with Crippen molar-refractivity contribution in [1.29, 1.82) is 0 Å². The smallest absolute Gasteiger partial charge is 0.231 e. The van der Waals surface area contributed by atoms with Crippen LogP contribution in [0.1, 0.15) is 18.9 Å². The molecule has 26 heavy (non-hydrogen) atoms. The van der Waals surface area contributed by atoms with Crippen LogP contribution in [-0.2, 0) is 4.79 Å². The predicted octanol–water partition coefficient (Wildman–Crippen LogP) is 4.94. The number of amides is 1. The van der Waals surface area contributed by atoms with E-state index in [1.165, 1.54) is 0 Å². The van der Waals surface area contributed by atoms with Crippen LogP contribution in [0.15, 0.2) is 36.4 Å². The lowest BCUT2D eigenvalue weighted by Crippen LogP contribution is -2.09. The van der Waals surface area contributed by atoms with Crippen molar-refractivity contribution in [2.45, 2.75) is 20.3 Å². The van der Waals surface area contributed by atoms with Gasteiger partial charge in [0.15, 0.2) is 11.5 Å². The van der Waals surface area contributed by atoms with Gasteiger partial charge < -0.3 is 14.8 Å². The average Bonchev–Trinajstić information content (AvgIpc) is 3.11. The Bertz CT molecular complexity index is 1020. The number of aromatic nitrogens is 1. The van der Waals surface area contributed by atoms with Crippen molar-refractivity contribution < 1.29 is 14.3 Å². The van der Waals surface area contributed by atoms with Crippen LogP contribution in [0.25, 0.3) is 22.2 Å². The third-order valence-corrected chi connectivity index (χ3v) is 4.89. The van der Waals surface area contributed by atoms with Gasteiger partial charge in [0.2, 0.25) is 12.7 Å². The van der Waals surface area contributed by atoms with Gasteiger partial charge in [0.05, 0.1) is 16.2 Å². The number of hydrogen-bond acceptors (Lipinski definition) is 4. The van der Waals surface area contributed by atoms with Gasteiger partial charge in [0, 0.05) is 29.1 Å². The molecular formula is C20H17ClN2O3. The standard InChI is InChI=1S/C20H17ClN2O3/c1-3-18(24)22-13-6-4-12(5-7-13)20-19(21)11(2)14-8-16-17(26-10-25-16)9-15(14)23-20/h4-9H,3,10H2,1-2H3,(H,22,24). The van der Waals surface area contributed by atoms with Gasteiger partial charge in [-0.15, -0.1) is 0 Å². The van der Waals surface area contributed by atoms with Crippen molar-refractivity contribution in [2.75, 3.05) is 12.1 Å². The van der Waals surface area contributed by atoms with E-state index in [0.717, 1.165) is 27.7 Å². The van der Waals surface area contributed by atoms with Crippen LogP contribution < -0.4 is 14.8 Å². The van der Waals surface area contributed by atoms with Gasteiger partial charge >= 0.3 is 0 Å². The second kappa shape index (κ2) is 6.50. The predicted molar refractivity (Wildman–Crippen MR) is 102 cm³/mol. The molecule has 1 N–H and O–H groups in total. The van der Waals surface area contributed by atoms with Gasteiger partial charge in [-0.3, -0.25) is 4.79 Å². The van der Waals surface area contributed by atoms with E-state index in [0.29, 0.717) is 28.6 Å². The maximum atomic E-state index is 11.5. The molecule has 0 aliphatic carbocycles. The van der Waals surface area contributed by atoms with Gasteiger partial charge in [-0.05, 0) is 30.7 Å². The van der Waals surface area contributed by atoms with Gasteiger partial charge in [0.25, 0.3) is 0 Å². The van der Waals surface area contributed by atoms with E-state index < -0.39 is 0 Å². The van der Waals surface area contributed by atoms with E-state index in [1.807, 2.05) is 50.2 Å². The molecule has 0 spiro atoms. The number of ether oxygens (including phenoxy) is 2. The summed E-state index contributed by atoms with van der Waals surface area (Å²) in [6.45, 7) is 4.00. The lowest BCUT2D eigenvalue weighted by Gasteiger charge is -2.12. The van der Waals surface area contributed by atoms with Crippen LogP contribution in [0.2, 0.25) is 5.02 Å². The number of nitrogens with zero attached hydrogens (tertiary/aromatic N) is 1. The van der Waals surface area contributed by atoms with E-state index in [9.17, 15) is 4.79 Å². The molecule has 0 saturated carbocycles. The summed E-state index contributed by atoms with van der Waals surface area (Å²) in [4.78, 5) is 16.2. The zero-order chi connectivity index (χ0) is 18.3. The van der Waals surface area contributed by atoms with Gasteiger partial charge in [0.1, 0.15) is 0 Å². The lowest BCUT2D eigenvalue weighted by atomic mass is 10.0. The third-order valence-electron chi connectivity index (χ3n) is 4.43. The van der Waals surface area contributed by atoms with Crippen molar-refractivity contribution in [3.05, 3.63) is 47.0 Å². The number of anilines is 1. The molecule has 0 atom stereocenters. The number of benzene rings is 2. The zero-order valence-electron chi connectivity index (χ0n) is 14.4. The molecular weight excluding hydrogens is 352 g/mol. The lowest BCUT2D eigenvalue weighted by molar-refractivity contribution is -0.115. The molecule has 0 bridgehead atoms. The van der Waals surface area contributed by atoms with Crippen LogP contribution >= 0.6 is 11.6 Å². The Kier molecular flexibility index (Phi) is 4.17. The van der Waals surface area contributed by atoms with Crippen LogP contribution in [0, 0.1) is 6.92 Å². The van der Waals surface area contributed by atoms with Gasteiger partial charge in [-0.1, -0.05) is 30.7 Å². The molecule has 0 saturated heterocycles. The minimum atomic E-state index is -0.0217. The summed E-state index contributed by atoms with van der Waals surface area (Å²) in [5.41, 5.74) is 4.07. The molecule has 2 aromatic carbocycles. The van der Waals surface area contributed by atoms with Crippen molar-refractivity contribution >= 4 is 34.1 Å². The second-order valence-electron chi connectivity index (χ2n) is 6.10. The van der Waals surface area contributed by atoms with Gasteiger partial charge in [-0.25, -0.2) is 4.98 Å². The summed E-state index contributed by atoms with van der Waals surface area (Å²) in [6.07, 6.45) is 0.440. The Balaban J connectivity index is 1.77. The molecule has 6 heteroatoms. The SMILES string of the molecule is CCC(=O)Nc1ccc(-c2nc3cc4c(cc3c(C)c2Cl)OCO4)cc1. The number of nitrogens with one attached hydrogen (secondary N) is 1. The summed E-state index contributed by atoms with van der Waals surface area (Å²) in [5, 5.41) is 4.37. The zero-order valence-corrected chi connectivity index (χ0v) is 15.2. The van der Waals surface area contributed by atoms with E-state index in [4.69, 9.17) is 26.1 Å². The highest BCUT2D eigenvalue weighted by Crippen LogP contribution is 2.40. The largest absolute Gasteiger partial charge is 0.454 e. The molecule has 0 fully saturated rings. The molecule has 2 heterocycles. The summed E-state index contributed by atoms with van der Waals surface area (Å²) in [7, 11) is 0. The first-order valence-electron chi connectivity index (χ1n) is 8.36. The van der Waals surface area contributed by atoms with Crippen molar-refractivity contribution in [3.63, 3.8) is 0 Å². The molecule has 1 aromatic heterocycles. The Labute approximate surface area is 155 Å². The molecule has 3 aromatic rings. The molecule has 1 aliphatic heterocycles. The normalized spacial score (nSPS) is 12.4. The highest BCUT2D eigenvalue weighted by Gasteiger charge is 2.19. The number of carbonyl (C=O) groups is 1. The number of rotatable bonds is 3. The fourth-order valence-corrected chi connectivity index (χ4v) is 3.19. The molecule has 1 aliphatic rings. The van der Waals surface area contributed by atoms with E-state index in [-0.39, 0.29) is 12.7 Å². The number of halogens is 1. The molecule has 132 valence electrons. The number of aryl methyl sites for hydroxylation is 1. The molecule has 5 nitrogen and oxygen atoms in total. The average molecular weight is 369 g/mol. The van der Waals surface area contributed by atoms with Crippen LogP contribution in [0.3, 0.4) is 0 Å². The van der Waals surface area contributed by atoms with Crippen LogP contribution in [-0.4, -0.2) is 17.7 Å². The Morgan fingerprint density at radius 2 is 1.88 bits per heavy atom. The minimum Gasteiger partial charge on any atom is -0.454 e. The first-order chi connectivity index (χ1) is 12.6. The number of fused-ring (bicyclic) bond motifs is 2. The van der Waals surface area contributed by atoms with E-state index in [1.54, 1.807) is 0 Å². The molecule has 4 rings (SSSR count). The highest BCUT2D eigenvalue weighted by molar-refractivity contribution is 6.34. The second-order valence-corrected chi connectivity index (χ2v) is 6.48.